The highest BCUT2D eigenvalue weighted by atomic mass is 35.5. The van der Waals surface area contributed by atoms with Gasteiger partial charge in [0.25, 0.3) is 0 Å². The third kappa shape index (κ3) is 3.55. The molecular formula is C18H18Cl2N2. The second-order valence-corrected chi connectivity index (χ2v) is 6.38. The van der Waals surface area contributed by atoms with Gasteiger partial charge < -0.3 is 5.73 Å². The molecule has 0 saturated carbocycles. The number of nitrogens with two attached hydrogens (primary N) is 1. The lowest BCUT2D eigenvalue weighted by molar-refractivity contribution is 0.560. The Morgan fingerprint density at radius 3 is 2.36 bits per heavy atom. The molecule has 2 nitrogen and oxygen atoms in total. The third-order valence-electron chi connectivity index (χ3n) is 3.85. The van der Waals surface area contributed by atoms with Crippen molar-refractivity contribution in [1.29, 1.82) is 5.26 Å². The summed E-state index contributed by atoms with van der Waals surface area (Å²) in [7, 11) is 0. The normalized spacial score (nSPS) is 12.0. The van der Waals surface area contributed by atoms with Crippen molar-refractivity contribution in [3.63, 3.8) is 0 Å². The zero-order valence-corrected chi connectivity index (χ0v) is 14.2. The molecule has 0 amide bonds. The Morgan fingerprint density at radius 1 is 1.18 bits per heavy atom. The van der Waals surface area contributed by atoms with Gasteiger partial charge in [-0.25, -0.2) is 0 Å². The second kappa shape index (κ2) is 7.05. The van der Waals surface area contributed by atoms with Crippen molar-refractivity contribution < 1.29 is 0 Å². The van der Waals surface area contributed by atoms with E-state index in [1.54, 1.807) is 12.1 Å². The third-order valence-corrected chi connectivity index (χ3v) is 4.44. The van der Waals surface area contributed by atoms with Gasteiger partial charge in [0.15, 0.2) is 0 Å². The lowest BCUT2D eigenvalue weighted by atomic mass is 9.93. The van der Waals surface area contributed by atoms with Crippen LogP contribution in [0.1, 0.15) is 31.4 Å². The van der Waals surface area contributed by atoms with Crippen molar-refractivity contribution in [2.45, 2.75) is 26.7 Å². The predicted octanol–water partition coefficient (Wildman–Crippen LogP) is 5.70. The van der Waals surface area contributed by atoms with E-state index < -0.39 is 0 Å². The number of nitrogens with zero attached hydrogens (tertiary/aromatic N) is 1. The predicted molar refractivity (Wildman–Crippen MR) is 94.2 cm³/mol. The fourth-order valence-corrected chi connectivity index (χ4v) is 3.12. The van der Waals surface area contributed by atoms with E-state index in [4.69, 9.17) is 28.9 Å². The highest BCUT2D eigenvalue weighted by Gasteiger charge is 2.13. The molecule has 22 heavy (non-hydrogen) atoms. The van der Waals surface area contributed by atoms with Crippen LogP contribution in [0.2, 0.25) is 10.0 Å². The number of hydrogen-bond donors (Lipinski definition) is 1. The molecule has 0 radical (unpaired) electrons. The van der Waals surface area contributed by atoms with Crippen LogP contribution in [-0.2, 0) is 6.42 Å². The molecule has 1 unspecified atom stereocenters. The Kier molecular flexibility index (Phi) is 5.34. The molecule has 2 rings (SSSR count). The number of anilines is 1. The van der Waals surface area contributed by atoms with Crippen molar-refractivity contribution in [3.05, 3.63) is 51.5 Å². The van der Waals surface area contributed by atoms with Gasteiger partial charge >= 0.3 is 0 Å². The van der Waals surface area contributed by atoms with Crippen LogP contribution in [0.15, 0.2) is 30.3 Å². The van der Waals surface area contributed by atoms with E-state index in [2.05, 4.69) is 19.9 Å². The number of nitriles is 1. The molecule has 4 heteroatoms. The molecule has 2 aromatic rings. The first-order chi connectivity index (χ1) is 10.5. The number of hydrogen-bond acceptors (Lipinski definition) is 2. The van der Waals surface area contributed by atoms with Crippen LogP contribution in [0.3, 0.4) is 0 Å². The van der Waals surface area contributed by atoms with Crippen molar-refractivity contribution in [2.24, 2.45) is 5.92 Å². The highest BCUT2D eigenvalue weighted by molar-refractivity contribution is 6.39. The lowest BCUT2D eigenvalue weighted by Gasteiger charge is -2.13. The molecule has 0 aliphatic heterocycles. The number of halogens is 2. The molecule has 0 aliphatic carbocycles. The summed E-state index contributed by atoms with van der Waals surface area (Å²) < 4.78 is 0. The topological polar surface area (TPSA) is 49.8 Å². The summed E-state index contributed by atoms with van der Waals surface area (Å²) in [4.78, 5) is 0. The zero-order valence-electron chi connectivity index (χ0n) is 12.7. The quantitative estimate of drug-likeness (QED) is 0.729. The number of benzene rings is 2. The van der Waals surface area contributed by atoms with Gasteiger partial charge in [-0.15, -0.1) is 0 Å². The Bertz CT molecular complexity index is 709. The van der Waals surface area contributed by atoms with Gasteiger partial charge in [0.1, 0.15) is 0 Å². The summed E-state index contributed by atoms with van der Waals surface area (Å²) in [5.41, 5.74) is 9.53. The molecule has 114 valence electrons. The van der Waals surface area contributed by atoms with Gasteiger partial charge in [-0.2, -0.15) is 5.26 Å². The Balaban J connectivity index is 2.49. The fraction of sp³-hybridized carbons (Fsp3) is 0.278. The summed E-state index contributed by atoms with van der Waals surface area (Å²) in [6.07, 6.45) is 1.98. The summed E-state index contributed by atoms with van der Waals surface area (Å²) >= 11 is 12.5. The smallest absolute Gasteiger partial charge is 0.0994 e. The number of nitrogen functional groups attached to an aromatic ring is 1. The average molecular weight is 333 g/mol. The Hall–Kier alpha value is -1.69. The molecule has 0 aliphatic rings. The van der Waals surface area contributed by atoms with Crippen molar-refractivity contribution in [1.82, 2.24) is 0 Å². The van der Waals surface area contributed by atoms with E-state index in [1.165, 1.54) is 0 Å². The SMILES string of the molecule is CCC(C)Cc1ccc(-c2c(Cl)cc(N)cc2Cl)cc1C#N. The second-order valence-electron chi connectivity index (χ2n) is 5.56. The molecule has 0 heterocycles. The maximum absolute atomic E-state index is 9.42. The van der Waals surface area contributed by atoms with Crippen molar-refractivity contribution >= 4 is 28.9 Å². The molecule has 2 N–H and O–H groups in total. The van der Waals surface area contributed by atoms with E-state index >= 15 is 0 Å². The van der Waals surface area contributed by atoms with Crippen LogP contribution in [0, 0.1) is 17.2 Å². The van der Waals surface area contributed by atoms with E-state index in [0.29, 0.717) is 32.8 Å². The summed E-state index contributed by atoms with van der Waals surface area (Å²) in [6, 6.07) is 11.4. The van der Waals surface area contributed by atoms with Crippen LogP contribution >= 0.6 is 23.2 Å². The monoisotopic (exact) mass is 332 g/mol. The minimum absolute atomic E-state index is 0.489. The van der Waals surface area contributed by atoms with Gasteiger partial charge in [0.05, 0.1) is 21.7 Å². The summed E-state index contributed by atoms with van der Waals surface area (Å²) in [6.45, 7) is 4.34. The van der Waals surface area contributed by atoms with Crippen LogP contribution in [0.4, 0.5) is 5.69 Å². The summed E-state index contributed by atoms with van der Waals surface area (Å²) in [5, 5.41) is 10.4. The molecule has 0 bridgehead atoms. The molecule has 2 aromatic carbocycles. The summed E-state index contributed by atoms with van der Waals surface area (Å²) in [5.74, 6) is 0.543. The van der Waals surface area contributed by atoms with Gasteiger partial charge in [0, 0.05) is 11.3 Å². The van der Waals surface area contributed by atoms with E-state index in [1.807, 2.05) is 18.2 Å². The maximum Gasteiger partial charge on any atom is 0.0994 e. The standard InChI is InChI=1S/C18H18Cl2N2/c1-3-11(2)6-12-4-5-13(7-14(12)10-21)18-16(19)8-15(22)9-17(18)20/h4-5,7-9,11H,3,6,22H2,1-2H3. The van der Waals surface area contributed by atoms with Crippen LogP contribution in [0.25, 0.3) is 11.1 Å². The molecule has 0 aromatic heterocycles. The molecule has 0 spiro atoms. The van der Waals surface area contributed by atoms with Gasteiger partial charge in [0.2, 0.25) is 0 Å². The van der Waals surface area contributed by atoms with Gasteiger partial charge in [-0.05, 0) is 41.7 Å². The van der Waals surface area contributed by atoms with E-state index in [9.17, 15) is 5.26 Å². The highest BCUT2D eigenvalue weighted by Crippen LogP contribution is 2.37. The minimum Gasteiger partial charge on any atom is -0.399 e. The van der Waals surface area contributed by atoms with Crippen LogP contribution < -0.4 is 5.73 Å². The van der Waals surface area contributed by atoms with Gasteiger partial charge in [-0.3, -0.25) is 0 Å². The first-order valence-electron chi connectivity index (χ1n) is 7.24. The van der Waals surface area contributed by atoms with E-state index in [-0.39, 0.29) is 0 Å². The number of rotatable bonds is 4. The zero-order chi connectivity index (χ0) is 16.3. The molecule has 1 atom stereocenters. The van der Waals surface area contributed by atoms with Crippen molar-refractivity contribution in [3.8, 4) is 17.2 Å². The fourth-order valence-electron chi connectivity index (χ4n) is 2.40. The van der Waals surface area contributed by atoms with E-state index in [0.717, 1.165) is 24.0 Å². The van der Waals surface area contributed by atoms with Crippen LogP contribution in [-0.4, -0.2) is 0 Å². The van der Waals surface area contributed by atoms with Crippen molar-refractivity contribution in [2.75, 3.05) is 5.73 Å². The minimum atomic E-state index is 0.489. The Morgan fingerprint density at radius 2 is 1.82 bits per heavy atom. The molecule has 0 saturated heterocycles. The largest absolute Gasteiger partial charge is 0.399 e. The first kappa shape index (κ1) is 16.7. The molecular weight excluding hydrogens is 315 g/mol. The Labute approximate surface area is 141 Å². The lowest BCUT2D eigenvalue weighted by Crippen LogP contribution is -2.00. The maximum atomic E-state index is 9.42. The molecule has 0 fully saturated rings. The van der Waals surface area contributed by atoms with Gasteiger partial charge in [-0.1, -0.05) is 55.6 Å². The average Bonchev–Trinajstić information content (AvgIpc) is 2.47. The first-order valence-corrected chi connectivity index (χ1v) is 7.99. The van der Waals surface area contributed by atoms with Crippen LogP contribution in [0.5, 0.6) is 0 Å².